The van der Waals surface area contributed by atoms with Crippen LogP contribution in [0.25, 0.3) is 0 Å². The minimum absolute atomic E-state index is 0.0195. The molecule has 1 N–H and O–H groups in total. The van der Waals surface area contributed by atoms with Crippen molar-refractivity contribution in [1.29, 1.82) is 5.26 Å². The first-order valence-electron chi connectivity index (χ1n) is 7.57. The van der Waals surface area contributed by atoms with E-state index in [4.69, 9.17) is 0 Å². The van der Waals surface area contributed by atoms with Crippen molar-refractivity contribution in [2.24, 2.45) is 5.92 Å². The van der Waals surface area contributed by atoms with Crippen molar-refractivity contribution < 1.29 is 5.11 Å². The van der Waals surface area contributed by atoms with Gasteiger partial charge in [-0.2, -0.15) is 5.26 Å². The Labute approximate surface area is 132 Å². The van der Waals surface area contributed by atoms with Crippen LogP contribution in [0.2, 0.25) is 0 Å². The molecule has 0 aliphatic heterocycles. The Kier molecular flexibility index (Phi) is 6.14. The second kappa shape index (κ2) is 8.33. The lowest BCUT2D eigenvalue weighted by Gasteiger charge is -2.32. The van der Waals surface area contributed by atoms with Gasteiger partial charge < -0.3 is 5.11 Å². The van der Waals surface area contributed by atoms with Crippen LogP contribution in [0, 0.1) is 17.2 Å². The lowest BCUT2D eigenvalue weighted by atomic mass is 10.0. The van der Waals surface area contributed by atoms with Crippen molar-refractivity contribution in [3.05, 3.63) is 71.8 Å². The molecule has 2 aromatic carbocycles. The lowest BCUT2D eigenvalue weighted by molar-refractivity contribution is 0.0880. The van der Waals surface area contributed by atoms with Crippen LogP contribution in [0.5, 0.6) is 0 Å². The highest BCUT2D eigenvalue weighted by Crippen LogP contribution is 2.18. The third kappa shape index (κ3) is 4.42. The summed E-state index contributed by atoms with van der Waals surface area (Å²) in [5.41, 5.74) is 2.36. The van der Waals surface area contributed by atoms with E-state index in [1.54, 1.807) is 0 Å². The largest absolute Gasteiger partial charge is 0.395 e. The third-order valence-electron chi connectivity index (χ3n) is 3.89. The Morgan fingerprint density at radius 3 is 1.77 bits per heavy atom. The number of nitriles is 1. The zero-order valence-electron chi connectivity index (χ0n) is 12.9. The molecule has 0 aliphatic carbocycles. The van der Waals surface area contributed by atoms with Gasteiger partial charge in [0, 0.05) is 19.1 Å². The fraction of sp³-hybridized carbons (Fsp3) is 0.316. The van der Waals surface area contributed by atoms with Crippen LogP contribution in [0.4, 0.5) is 0 Å². The predicted molar refractivity (Wildman–Crippen MR) is 87.8 cm³/mol. The minimum Gasteiger partial charge on any atom is -0.395 e. The molecule has 0 saturated heterocycles. The zero-order valence-corrected chi connectivity index (χ0v) is 12.9. The normalized spacial score (nSPS) is 13.5. The Morgan fingerprint density at radius 2 is 1.41 bits per heavy atom. The molecule has 22 heavy (non-hydrogen) atoms. The van der Waals surface area contributed by atoms with E-state index in [0.29, 0.717) is 13.1 Å². The summed E-state index contributed by atoms with van der Waals surface area (Å²) in [6.07, 6.45) is 0. The summed E-state index contributed by atoms with van der Waals surface area (Å²) < 4.78 is 0. The van der Waals surface area contributed by atoms with Crippen LogP contribution in [0.15, 0.2) is 60.7 Å². The van der Waals surface area contributed by atoms with Crippen molar-refractivity contribution in [1.82, 2.24) is 4.90 Å². The smallest absolute Gasteiger partial charge is 0.0670 e. The maximum atomic E-state index is 9.76. The molecule has 2 atom stereocenters. The van der Waals surface area contributed by atoms with E-state index in [9.17, 15) is 10.4 Å². The third-order valence-corrected chi connectivity index (χ3v) is 3.89. The van der Waals surface area contributed by atoms with E-state index in [1.807, 2.05) is 43.3 Å². The van der Waals surface area contributed by atoms with Crippen molar-refractivity contribution >= 4 is 0 Å². The van der Waals surface area contributed by atoms with E-state index < -0.39 is 0 Å². The Balaban J connectivity index is 2.21. The highest BCUT2D eigenvalue weighted by atomic mass is 16.3. The Morgan fingerprint density at radius 1 is 0.955 bits per heavy atom. The molecule has 2 rings (SSSR count). The summed E-state index contributed by atoms with van der Waals surface area (Å²) >= 11 is 0. The summed E-state index contributed by atoms with van der Waals surface area (Å²) in [5.74, 6) is -0.225. The molecule has 0 amide bonds. The molecule has 114 valence electrons. The van der Waals surface area contributed by atoms with E-state index in [1.165, 1.54) is 11.1 Å². The molecule has 0 spiro atoms. The van der Waals surface area contributed by atoms with Crippen molar-refractivity contribution in [3.63, 3.8) is 0 Å². The molecule has 3 nitrogen and oxygen atoms in total. The van der Waals surface area contributed by atoms with Crippen LogP contribution in [0.3, 0.4) is 0 Å². The van der Waals surface area contributed by atoms with Gasteiger partial charge in [0.2, 0.25) is 0 Å². The Bertz CT molecular complexity index is 550. The number of nitrogens with zero attached hydrogens (tertiary/aromatic N) is 2. The fourth-order valence-corrected chi connectivity index (χ4v) is 2.60. The summed E-state index contributed by atoms with van der Waals surface area (Å²) in [7, 11) is 0. The Hall–Kier alpha value is -2.15. The molecular weight excluding hydrogens is 272 g/mol. The first-order chi connectivity index (χ1) is 10.7. The monoisotopic (exact) mass is 294 g/mol. The maximum Gasteiger partial charge on any atom is 0.0670 e. The molecular formula is C19H22N2O. The molecule has 0 radical (unpaired) electrons. The van der Waals surface area contributed by atoms with E-state index in [2.05, 4.69) is 35.2 Å². The van der Waals surface area contributed by atoms with Gasteiger partial charge in [-0.15, -0.1) is 0 Å². The number of hydrogen-bond acceptors (Lipinski definition) is 3. The van der Waals surface area contributed by atoms with Crippen molar-refractivity contribution in [2.75, 3.05) is 6.61 Å². The predicted octanol–water partition coefficient (Wildman–Crippen LogP) is 3.21. The standard InChI is InChI=1S/C19H22N2O/c1-16(12-20)19(15-22)21(13-17-8-4-2-5-9-17)14-18-10-6-3-7-11-18/h2-11,16,19,22H,13-15H2,1H3/t16-,19-/m0/s1. The van der Waals surface area contributed by atoms with E-state index in [-0.39, 0.29) is 18.6 Å². The van der Waals surface area contributed by atoms with Crippen LogP contribution < -0.4 is 0 Å². The first-order valence-corrected chi connectivity index (χ1v) is 7.57. The van der Waals surface area contributed by atoms with E-state index >= 15 is 0 Å². The number of aliphatic hydroxyl groups is 1. The molecule has 2 aromatic rings. The van der Waals surface area contributed by atoms with Gasteiger partial charge in [-0.3, -0.25) is 4.90 Å². The summed E-state index contributed by atoms with van der Waals surface area (Å²) in [5, 5.41) is 19.0. The number of hydrogen-bond donors (Lipinski definition) is 1. The molecule has 0 fully saturated rings. The fourth-order valence-electron chi connectivity index (χ4n) is 2.60. The molecule has 0 aromatic heterocycles. The highest BCUT2D eigenvalue weighted by Gasteiger charge is 2.24. The average molecular weight is 294 g/mol. The second-order valence-electron chi connectivity index (χ2n) is 5.54. The molecule has 0 bridgehead atoms. The topological polar surface area (TPSA) is 47.3 Å². The highest BCUT2D eigenvalue weighted by molar-refractivity contribution is 5.17. The van der Waals surface area contributed by atoms with Crippen LogP contribution in [0.1, 0.15) is 18.1 Å². The van der Waals surface area contributed by atoms with Crippen molar-refractivity contribution in [3.8, 4) is 6.07 Å². The summed E-state index contributed by atoms with van der Waals surface area (Å²) in [6.45, 7) is 3.28. The summed E-state index contributed by atoms with van der Waals surface area (Å²) in [4.78, 5) is 2.18. The average Bonchev–Trinajstić information content (AvgIpc) is 2.57. The van der Waals surface area contributed by atoms with Crippen LogP contribution in [-0.4, -0.2) is 22.7 Å². The maximum absolute atomic E-state index is 9.76. The number of aliphatic hydroxyl groups excluding tert-OH is 1. The van der Waals surface area contributed by atoms with Crippen molar-refractivity contribution in [2.45, 2.75) is 26.1 Å². The number of rotatable bonds is 7. The quantitative estimate of drug-likeness (QED) is 0.853. The van der Waals surface area contributed by atoms with Gasteiger partial charge in [0.05, 0.1) is 18.6 Å². The second-order valence-corrected chi connectivity index (χ2v) is 5.54. The van der Waals surface area contributed by atoms with E-state index in [0.717, 1.165) is 0 Å². The first kappa shape index (κ1) is 16.2. The minimum atomic E-state index is -0.225. The van der Waals surface area contributed by atoms with Crippen LogP contribution in [-0.2, 0) is 13.1 Å². The molecule has 0 aliphatic rings. The van der Waals surface area contributed by atoms with Gasteiger partial charge in [0.15, 0.2) is 0 Å². The van der Waals surface area contributed by atoms with Gasteiger partial charge in [-0.05, 0) is 18.1 Å². The van der Waals surface area contributed by atoms with Crippen LogP contribution >= 0.6 is 0 Å². The number of benzene rings is 2. The molecule has 0 unspecified atom stereocenters. The zero-order chi connectivity index (χ0) is 15.8. The summed E-state index contributed by atoms with van der Waals surface area (Å²) in [6, 6.07) is 22.4. The van der Waals surface area contributed by atoms with Gasteiger partial charge in [-0.1, -0.05) is 60.7 Å². The lowest BCUT2D eigenvalue weighted by Crippen LogP contribution is -2.41. The van der Waals surface area contributed by atoms with Gasteiger partial charge >= 0.3 is 0 Å². The molecule has 3 heteroatoms. The van der Waals surface area contributed by atoms with Gasteiger partial charge in [0.1, 0.15) is 0 Å². The molecule has 0 saturated carbocycles. The van der Waals surface area contributed by atoms with Gasteiger partial charge in [-0.25, -0.2) is 0 Å². The molecule has 0 heterocycles. The van der Waals surface area contributed by atoms with Gasteiger partial charge in [0.25, 0.3) is 0 Å². The SMILES string of the molecule is C[C@@H](C#N)[C@H](CO)N(Cc1ccccc1)Cc1ccccc1.